The molecule has 2 aliphatic heterocycles. The summed E-state index contributed by atoms with van der Waals surface area (Å²) >= 11 is 0. The van der Waals surface area contributed by atoms with Crippen LogP contribution in [0.25, 0.3) is 0 Å². The second-order valence-corrected chi connectivity index (χ2v) is 14.7. The fourth-order valence-corrected chi connectivity index (χ4v) is 8.52. The first-order valence-corrected chi connectivity index (χ1v) is 17.1. The minimum Gasteiger partial charge on any atom is -0.369 e. The Morgan fingerprint density at radius 3 is 2.34 bits per heavy atom. The summed E-state index contributed by atoms with van der Waals surface area (Å²) in [6.45, 7) is 10.8. The first kappa shape index (κ1) is 32.6. The number of likely N-dealkylation sites (tertiary alicyclic amines) is 1. The third-order valence-electron chi connectivity index (χ3n) is 11.4. The van der Waals surface area contributed by atoms with E-state index in [1.54, 1.807) is 0 Å². The summed E-state index contributed by atoms with van der Waals surface area (Å²) in [6.07, 6.45) is 14.4. The summed E-state index contributed by atoms with van der Waals surface area (Å²) in [5.41, 5.74) is 1.46. The fourth-order valence-electron chi connectivity index (χ4n) is 8.52. The van der Waals surface area contributed by atoms with E-state index in [0.717, 1.165) is 57.2 Å². The summed E-state index contributed by atoms with van der Waals surface area (Å²) in [7, 11) is 0. The van der Waals surface area contributed by atoms with Gasteiger partial charge in [0.05, 0.1) is 12.1 Å². The molecule has 1 spiro atoms. The highest BCUT2D eigenvalue weighted by molar-refractivity contribution is 6.38. The number of nitrogens with one attached hydrogen (secondary N) is 4. The zero-order chi connectivity index (χ0) is 31.4. The molecule has 244 valence electrons. The SMILES string of the molecule is C=C(C(NC(=O)C1CC2(CCC2)C1)C1CCCC1)N1CC(C)CC1CNC(CC1CCNC1=O)C(=O)C(=O)NC1CC1.C=O. The zero-order valence-electron chi connectivity index (χ0n) is 26.5. The average molecular weight is 612 g/mol. The third-order valence-corrected chi connectivity index (χ3v) is 11.4. The quantitative estimate of drug-likeness (QED) is 0.235. The van der Waals surface area contributed by atoms with Gasteiger partial charge >= 0.3 is 0 Å². The highest BCUT2D eigenvalue weighted by Gasteiger charge is 2.51. The first-order chi connectivity index (χ1) is 21.2. The van der Waals surface area contributed by atoms with Crippen molar-refractivity contribution >= 4 is 30.3 Å². The maximum Gasteiger partial charge on any atom is 0.289 e. The standard InChI is InChI=1S/C33H51N5O4.CH2O/c1-20-14-26(18-35-27(15-23-10-13-34-30(23)40)29(39)32(42)36-25-8-9-25)38(19-20)21(2)28(22-6-3-4-7-22)37-31(41)24-16-33(17-24)11-5-12-33;1-2/h20,22-28,35H,2-19H2,1H3,(H,34,40)(H,36,42)(H,37,41);1H2. The molecule has 6 rings (SSSR count). The molecule has 6 fully saturated rings. The smallest absolute Gasteiger partial charge is 0.289 e. The van der Waals surface area contributed by atoms with E-state index in [0.29, 0.717) is 43.2 Å². The summed E-state index contributed by atoms with van der Waals surface area (Å²) < 4.78 is 0. The van der Waals surface area contributed by atoms with Crippen LogP contribution in [0.3, 0.4) is 0 Å². The summed E-state index contributed by atoms with van der Waals surface area (Å²) in [5.74, 6) is -0.116. The number of ketones is 1. The predicted molar refractivity (Wildman–Crippen MR) is 167 cm³/mol. The molecule has 6 aliphatic rings. The number of nitrogens with zero attached hydrogens (tertiary/aromatic N) is 1. The first-order valence-electron chi connectivity index (χ1n) is 17.1. The van der Waals surface area contributed by atoms with E-state index < -0.39 is 17.7 Å². The number of hydrogen-bond acceptors (Lipinski definition) is 7. The van der Waals surface area contributed by atoms with Gasteiger partial charge in [-0.25, -0.2) is 0 Å². The molecule has 4 N–H and O–H groups in total. The molecule has 3 amide bonds. The van der Waals surface area contributed by atoms with Gasteiger partial charge < -0.3 is 31.0 Å². The van der Waals surface area contributed by atoms with Gasteiger partial charge in [-0.2, -0.15) is 0 Å². The third kappa shape index (κ3) is 7.37. The molecule has 44 heavy (non-hydrogen) atoms. The Kier molecular flexibility index (Phi) is 10.5. The van der Waals surface area contributed by atoms with Crippen molar-refractivity contribution in [2.24, 2.45) is 29.1 Å². The molecule has 10 nitrogen and oxygen atoms in total. The van der Waals surface area contributed by atoms with Crippen molar-refractivity contribution in [2.75, 3.05) is 19.6 Å². The van der Waals surface area contributed by atoms with Crippen LogP contribution in [-0.4, -0.2) is 79.0 Å². The Hall–Kier alpha value is -2.75. The second-order valence-electron chi connectivity index (χ2n) is 14.7. The lowest BCUT2D eigenvalue weighted by atomic mass is 9.51. The highest BCUT2D eigenvalue weighted by atomic mass is 16.2. The molecule has 0 radical (unpaired) electrons. The van der Waals surface area contributed by atoms with Gasteiger partial charge in [0.1, 0.15) is 6.79 Å². The van der Waals surface area contributed by atoms with Crippen molar-refractivity contribution in [2.45, 2.75) is 121 Å². The van der Waals surface area contributed by atoms with Gasteiger partial charge in [0.25, 0.3) is 5.91 Å². The van der Waals surface area contributed by atoms with E-state index in [-0.39, 0.29) is 41.8 Å². The molecule has 5 unspecified atom stereocenters. The maximum absolute atomic E-state index is 13.4. The second kappa shape index (κ2) is 14.1. The Morgan fingerprint density at radius 2 is 1.75 bits per heavy atom. The van der Waals surface area contributed by atoms with Crippen LogP contribution in [0.2, 0.25) is 0 Å². The van der Waals surface area contributed by atoms with Crippen molar-refractivity contribution < 1.29 is 24.0 Å². The number of carbonyl (C=O) groups excluding carboxylic acids is 5. The Bertz CT molecular complexity index is 1090. The minimum absolute atomic E-state index is 0.0356. The van der Waals surface area contributed by atoms with Crippen molar-refractivity contribution in [3.8, 4) is 0 Å². The number of rotatable bonds is 13. The highest BCUT2D eigenvalue weighted by Crippen LogP contribution is 2.58. The molecule has 4 saturated carbocycles. The topological polar surface area (TPSA) is 137 Å². The molecule has 0 aromatic carbocycles. The number of amides is 3. The summed E-state index contributed by atoms with van der Waals surface area (Å²) in [5, 5.41) is 12.6. The fraction of sp³-hybridized carbons (Fsp3) is 0.794. The van der Waals surface area contributed by atoms with Gasteiger partial charge in [-0.3, -0.25) is 19.2 Å². The molecule has 10 heteroatoms. The summed E-state index contributed by atoms with van der Waals surface area (Å²) in [6, 6.07) is -0.552. The van der Waals surface area contributed by atoms with Gasteiger partial charge in [-0.1, -0.05) is 32.8 Å². The van der Waals surface area contributed by atoms with E-state index in [1.165, 1.54) is 32.1 Å². The van der Waals surface area contributed by atoms with Crippen LogP contribution < -0.4 is 21.3 Å². The van der Waals surface area contributed by atoms with Gasteiger partial charge in [0.2, 0.25) is 17.6 Å². The Balaban J connectivity index is 0.00000188. The Labute approximate surface area is 262 Å². The number of Topliss-reactive ketones (excluding diaryl/α,β-unsaturated/α-hetero) is 1. The lowest BCUT2D eigenvalue weighted by molar-refractivity contribution is -0.139. The lowest BCUT2D eigenvalue weighted by Gasteiger charge is -2.53. The van der Waals surface area contributed by atoms with E-state index in [1.807, 2.05) is 6.79 Å². The van der Waals surface area contributed by atoms with E-state index >= 15 is 0 Å². The van der Waals surface area contributed by atoms with Crippen molar-refractivity contribution in [3.05, 3.63) is 12.3 Å². The van der Waals surface area contributed by atoms with Crippen LogP contribution in [-0.2, 0) is 24.0 Å². The molecule has 4 aliphatic carbocycles. The molecule has 5 atom stereocenters. The van der Waals surface area contributed by atoms with Crippen LogP contribution in [0, 0.1) is 29.1 Å². The van der Waals surface area contributed by atoms with Crippen LogP contribution in [0.1, 0.15) is 96.8 Å². The largest absolute Gasteiger partial charge is 0.369 e. The Morgan fingerprint density at radius 1 is 1.05 bits per heavy atom. The van der Waals surface area contributed by atoms with Crippen LogP contribution in [0.15, 0.2) is 12.3 Å². The van der Waals surface area contributed by atoms with Crippen LogP contribution in [0.4, 0.5) is 0 Å². The monoisotopic (exact) mass is 611 g/mol. The molecule has 0 aromatic heterocycles. The van der Waals surface area contributed by atoms with E-state index in [9.17, 15) is 19.2 Å². The average Bonchev–Trinajstić information content (AvgIpc) is 3.30. The van der Waals surface area contributed by atoms with Crippen molar-refractivity contribution in [3.63, 3.8) is 0 Å². The van der Waals surface area contributed by atoms with Crippen molar-refractivity contribution in [1.82, 2.24) is 26.2 Å². The molecular weight excluding hydrogens is 558 g/mol. The lowest BCUT2D eigenvalue weighted by Crippen LogP contribution is -2.54. The number of hydrogen-bond donors (Lipinski definition) is 4. The van der Waals surface area contributed by atoms with E-state index in [4.69, 9.17) is 4.79 Å². The normalized spacial score (nSPS) is 29.1. The minimum atomic E-state index is -0.702. The van der Waals surface area contributed by atoms with E-state index in [2.05, 4.69) is 39.7 Å². The van der Waals surface area contributed by atoms with Gasteiger partial charge in [-0.15, -0.1) is 0 Å². The van der Waals surface area contributed by atoms with Crippen LogP contribution in [0.5, 0.6) is 0 Å². The molecule has 0 aromatic rings. The maximum atomic E-state index is 13.4. The number of carbonyl (C=O) groups is 5. The van der Waals surface area contributed by atoms with Crippen molar-refractivity contribution in [1.29, 1.82) is 0 Å². The van der Waals surface area contributed by atoms with Gasteiger partial charge in [-0.05, 0) is 87.9 Å². The van der Waals surface area contributed by atoms with Gasteiger partial charge in [0, 0.05) is 49.3 Å². The van der Waals surface area contributed by atoms with Crippen LogP contribution >= 0.6 is 0 Å². The molecular formula is C34H53N5O5. The molecule has 2 saturated heterocycles. The van der Waals surface area contributed by atoms with Gasteiger partial charge in [0.15, 0.2) is 0 Å². The predicted octanol–water partition coefficient (Wildman–Crippen LogP) is 2.61. The zero-order valence-corrected chi connectivity index (χ0v) is 26.5. The molecule has 2 heterocycles. The summed E-state index contributed by atoms with van der Waals surface area (Å²) in [4.78, 5) is 62.1. The molecule has 0 bridgehead atoms.